The van der Waals surface area contributed by atoms with Crippen molar-refractivity contribution in [3.63, 3.8) is 0 Å². The molecule has 0 saturated carbocycles. The maximum Gasteiger partial charge on any atom is 0.209 e. The van der Waals surface area contributed by atoms with Crippen molar-refractivity contribution in [2.75, 3.05) is 18.2 Å². The molecule has 9 heteroatoms. The van der Waals surface area contributed by atoms with E-state index < -0.39 is 0 Å². The first-order valence-electron chi connectivity index (χ1n) is 9.82. The molecule has 0 saturated heterocycles. The minimum absolute atomic E-state index is 0.132. The van der Waals surface area contributed by atoms with Crippen molar-refractivity contribution in [2.45, 2.75) is 10.6 Å². The Labute approximate surface area is 209 Å². The average molecular weight is 516 g/mol. The molecule has 0 amide bonds. The lowest BCUT2D eigenvalue weighted by Gasteiger charge is -2.07. The first-order chi connectivity index (χ1) is 15.9. The third kappa shape index (κ3) is 5.62. The quantitative estimate of drug-likeness (QED) is 0.189. The number of methoxy groups -OCH3 is 1. The smallest absolute Gasteiger partial charge is 0.209 e. The van der Waals surface area contributed by atoms with Crippen molar-refractivity contribution in [2.24, 2.45) is 0 Å². The highest BCUT2D eigenvalue weighted by Gasteiger charge is 2.22. The molecule has 0 aliphatic carbocycles. The van der Waals surface area contributed by atoms with Gasteiger partial charge in [0.15, 0.2) is 5.13 Å². The van der Waals surface area contributed by atoms with E-state index in [1.54, 1.807) is 37.1 Å². The number of benzene rings is 3. The molecule has 0 radical (unpaired) electrons. The topological polar surface area (TPSA) is 77.2 Å². The number of ketones is 1. The third-order valence-corrected chi connectivity index (χ3v) is 7.35. The van der Waals surface area contributed by atoms with Crippen LogP contribution in [-0.4, -0.2) is 17.9 Å². The summed E-state index contributed by atoms with van der Waals surface area (Å²) in [7, 11) is 1.66. The Bertz CT molecular complexity index is 1290. The number of thioether (sulfide) groups is 1. The highest BCUT2D eigenvalue weighted by atomic mass is 35.5. The number of hydrogen-bond acceptors (Lipinski definition) is 7. The van der Waals surface area contributed by atoms with Crippen molar-refractivity contribution < 1.29 is 9.53 Å². The molecule has 0 aliphatic heterocycles. The van der Waals surface area contributed by atoms with Gasteiger partial charge in [0.1, 0.15) is 16.4 Å². The summed E-state index contributed by atoms with van der Waals surface area (Å²) in [5.41, 5.74) is 8.27. The number of carbonyl (C=O) groups excluding carboxylic acids is 1. The first kappa shape index (κ1) is 23.4. The standard InChI is InChI=1S/C24H19Cl2N3O2S2/c1-31-16-7-2-5-14(11-16)13-32-17-8-3-6-15(12-17)28-24-29-23(27)22(33-24)21(30)20-18(25)9-4-10-19(20)26/h2-12H,13,27H2,1H3,(H,28,29). The number of nitrogen functional groups attached to an aromatic ring is 1. The fourth-order valence-corrected chi connectivity index (χ4v) is 5.41. The summed E-state index contributed by atoms with van der Waals surface area (Å²) < 4.78 is 5.29. The Hall–Kier alpha value is -2.71. The van der Waals surface area contributed by atoms with Crippen LogP contribution >= 0.6 is 46.3 Å². The second kappa shape index (κ2) is 10.5. The van der Waals surface area contributed by atoms with Crippen LogP contribution in [0.4, 0.5) is 16.6 Å². The lowest BCUT2D eigenvalue weighted by atomic mass is 10.1. The monoisotopic (exact) mass is 515 g/mol. The van der Waals surface area contributed by atoms with Gasteiger partial charge >= 0.3 is 0 Å². The van der Waals surface area contributed by atoms with Crippen molar-refractivity contribution >= 4 is 68.7 Å². The van der Waals surface area contributed by atoms with Crippen LogP contribution < -0.4 is 15.8 Å². The normalized spacial score (nSPS) is 10.8. The molecule has 0 fully saturated rings. The van der Waals surface area contributed by atoms with E-state index >= 15 is 0 Å². The summed E-state index contributed by atoms with van der Waals surface area (Å²) in [5, 5.41) is 4.29. The second-order valence-corrected chi connectivity index (χ2v) is 9.81. The van der Waals surface area contributed by atoms with E-state index in [2.05, 4.69) is 16.4 Å². The summed E-state index contributed by atoms with van der Waals surface area (Å²) in [5.74, 6) is 1.43. The van der Waals surface area contributed by atoms with Crippen LogP contribution in [-0.2, 0) is 5.75 Å². The maximum atomic E-state index is 13.0. The lowest BCUT2D eigenvalue weighted by molar-refractivity contribution is 0.104. The van der Waals surface area contributed by atoms with E-state index in [0.717, 1.165) is 33.4 Å². The number of thiazole rings is 1. The highest BCUT2D eigenvalue weighted by Crippen LogP contribution is 2.34. The average Bonchev–Trinajstić information content (AvgIpc) is 3.17. The van der Waals surface area contributed by atoms with Gasteiger partial charge in [0.2, 0.25) is 5.78 Å². The zero-order chi connectivity index (χ0) is 23.4. The maximum absolute atomic E-state index is 13.0. The minimum Gasteiger partial charge on any atom is -0.497 e. The molecular weight excluding hydrogens is 497 g/mol. The van der Waals surface area contributed by atoms with Gasteiger partial charge in [0, 0.05) is 16.3 Å². The van der Waals surface area contributed by atoms with Gasteiger partial charge in [0.05, 0.1) is 22.7 Å². The van der Waals surface area contributed by atoms with E-state index in [-0.39, 0.29) is 32.1 Å². The van der Waals surface area contributed by atoms with Gasteiger partial charge in [-0.25, -0.2) is 4.98 Å². The van der Waals surface area contributed by atoms with Crippen LogP contribution in [0, 0.1) is 0 Å². The molecule has 4 aromatic rings. The van der Waals surface area contributed by atoms with Crippen molar-refractivity contribution in [1.29, 1.82) is 0 Å². The molecular formula is C24H19Cl2N3O2S2. The number of rotatable bonds is 8. The van der Waals surface area contributed by atoms with Crippen molar-refractivity contribution in [3.8, 4) is 5.75 Å². The number of nitrogens with zero attached hydrogens (tertiary/aromatic N) is 1. The Morgan fingerprint density at radius 1 is 1.09 bits per heavy atom. The predicted molar refractivity (Wildman–Crippen MR) is 139 cm³/mol. The molecule has 0 bridgehead atoms. The minimum atomic E-state index is -0.351. The number of anilines is 3. The summed E-state index contributed by atoms with van der Waals surface area (Å²) >= 11 is 15.2. The number of halogens is 2. The van der Waals surface area contributed by atoms with Gasteiger partial charge in [0.25, 0.3) is 0 Å². The molecule has 33 heavy (non-hydrogen) atoms. The van der Waals surface area contributed by atoms with Gasteiger partial charge < -0.3 is 15.8 Å². The zero-order valence-electron chi connectivity index (χ0n) is 17.5. The van der Waals surface area contributed by atoms with Crippen LogP contribution in [0.5, 0.6) is 5.75 Å². The van der Waals surface area contributed by atoms with E-state index in [0.29, 0.717) is 5.13 Å². The summed E-state index contributed by atoms with van der Waals surface area (Å²) in [6.45, 7) is 0. The molecule has 0 unspecified atom stereocenters. The van der Waals surface area contributed by atoms with Gasteiger partial charge in [-0.05, 0) is 48.0 Å². The molecule has 3 N–H and O–H groups in total. The Balaban J connectivity index is 1.48. The van der Waals surface area contributed by atoms with Crippen LogP contribution in [0.2, 0.25) is 10.0 Å². The number of ether oxygens (including phenoxy) is 1. The molecule has 1 aromatic heterocycles. The van der Waals surface area contributed by atoms with Gasteiger partial charge in [-0.2, -0.15) is 0 Å². The zero-order valence-corrected chi connectivity index (χ0v) is 20.6. The molecule has 5 nitrogen and oxygen atoms in total. The third-order valence-electron chi connectivity index (χ3n) is 4.67. The van der Waals surface area contributed by atoms with Crippen LogP contribution in [0.15, 0.2) is 71.6 Å². The van der Waals surface area contributed by atoms with E-state index in [1.807, 2.05) is 42.5 Å². The highest BCUT2D eigenvalue weighted by molar-refractivity contribution is 7.98. The van der Waals surface area contributed by atoms with E-state index in [1.165, 1.54) is 5.56 Å². The number of carbonyl (C=O) groups is 1. The largest absolute Gasteiger partial charge is 0.497 e. The summed E-state index contributed by atoms with van der Waals surface area (Å²) in [4.78, 5) is 18.7. The summed E-state index contributed by atoms with van der Waals surface area (Å²) in [6, 6.07) is 20.9. The van der Waals surface area contributed by atoms with Gasteiger partial charge in [-0.3, -0.25) is 4.79 Å². The number of aromatic nitrogens is 1. The van der Waals surface area contributed by atoms with E-state index in [9.17, 15) is 4.79 Å². The molecule has 4 rings (SSSR count). The Morgan fingerprint density at radius 3 is 2.58 bits per heavy atom. The first-order valence-corrected chi connectivity index (χ1v) is 12.4. The van der Waals surface area contributed by atoms with Crippen LogP contribution in [0.25, 0.3) is 0 Å². The fraction of sp³-hybridized carbons (Fsp3) is 0.0833. The predicted octanol–water partition coefficient (Wildman–Crippen LogP) is 7.31. The number of nitrogens with one attached hydrogen (secondary N) is 1. The molecule has 3 aromatic carbocycles. The molecule has 0 aliphatic rings. The summed E-state index contributed by atoms with van der Waals surface area (Å²) in [6.07, 6.45) is 0. The number of nitrogens with two attached hydrogens (primary N) is 1. The second-order valence-electron chi connectivity index (χ2n) is 6.95. The van der Waals surface area contributed by atoms with Gasteiger partial charge in [-0.15, -0.1) is 11.8 Å². The molecule has 168 valence electrons. The Kier molecular flexibility index (Phi) is 7.45. The molecule has 0 atom stereocenters. The SMILES string of the molecule is COc1cccc(CSc2cccc(Nc3nc(N)c(C(=O)c4c(Cl)cccc4Cl)s3)c2)c1. The Morgan fingerprint density at radius 2 is 1.82 bits per heavy atom. The lowest BCUT2D eigenvalue weighted by Crippen LogP contribution is -2.04. The number of hydrogen-bond donors (Lipinski definition) is 2. The van der Waals surface area contributed by atoms with E-state index in [4.69, 9.17) is 33.7 Å². The van der Waals surface area contributed by atoms with Crippen LogP contribution in [0.1, 0.15) is 20.8 Å². The molecule has 1 heterocycles. The van der Waals surface area contributed by atoms with Crippen molar-refractivity contribution in [3.05, 3.63) is 92.8 Å². The van der Waals surface area contributed by atoms with Crippen molar-refractivity contribution in [1.82, 2.24) is 4.98 Å². The van der Waals surface area contributed by atoms with Crippen LogP contribution in [0.3, 0.4) is 0 Å². The van der Waals surface area contributed by atoms with Gasteiger partial charge in [-0.1, -0.05) is 58.8 Å². The molecule has 0 spiro atoms. The fourth-order valence-electron chi connectivity index (χ4n) is 3.09.